The summed E-state index contributed by atoms with van der Waals surface area (Å²) in [5.41, 5.74) is 4.40. The predicted octanol–water partition coefficient (Wildman–Crippen LogP) is 5.86. The van der Waals surface area contributed by atoms with Crippen LogP contribution in [0.15, 0.2) is 60.0 Å². The van der Waals surface area contributed by atoms with Gasteiger partial charge in [-0.2, -0.15) is 9.78 Å². The second-order valence-corrected chi connectivity index (χ2v) is 9.45. The van der Waals surface area contributed by atoms with Crippen molar-refractivity contribution in [2.75, 3.05) is 12.4 Å². The summed E-state index contributed by atoms with van der Waals surface area (Å²) >= 11 is 1.46. The first-order valence-electron chi connectivity index (χ1n) is 10.3. The maximum atomic E-state index is 12.9. The highest BCUT2D eigenvalue weighted by Gasteiger charge is 2.17. The van der Waals surface area contributed by atoms with Gasteiger partial charge in [0.05, 0.1) is 18.5 Å². The molecule has 0 aliphatic heterocycles. The van der Waals surface area contributed by atoms with Crippen LogP contribution >= 0.6 is 11.3 Å². The molecule has 0 bridgehead atoms. The minimum Gasteiger partial charge on any atom is -0.497 e. The van der Waals surface area contributed by atoms with Gasteiger partial charge in [-0.05, 0) is 42.2 Å². The van der Waals surface area contributed by atoms with Crippen molar-refractivity contribution >= 4 is 23.1 Å². The van der Waals surface area contributed by atoms with Crippen LogP contribution in [-0.4, -0.2) is 27.8 Å². The summed E-state index contributed by atoms with van der Waals surface area (Å²) < 4.78 is 6.98. The fourth-order valence-corrected chi connectivity index (χ4v) is 4.12. The molecule has 0 aliphatic rings. The Balaban J connectivity index is 1.58. The summed E-state index contributed by atoms with van der Waals surface area (Å²) in [5.74, 6) is 1.17. The summed E-state index contributed by atoms with van der Waals surface area (Å²) in [6, 6.07) is 17.3. The molecule has 6 nitrogen and oxygen atoms in total. The number of carbonyl (C=O) groups excluding carboxylic acids is 1. The maximum Gasteiger partial charge on any atom is 0.256 e. The average Bonchev–Trinajstić information content (AvgIpc) is 3.40. The number of amides is 1. The van der Waals surface area contributed by atoms with Crippen molar-refractivity contribution in [1.82, 2.24) is 14.8 Å². The third-order valence-electron chi connectivity index (χ3n) is 5.12. The average molecular weight is 447 g/mol. The molecular weight excluding hydrogens is 420 g/mol. The van der Waals surface area contributed by atoms with Gasteiger partial charge in [0.2, 0.25) is 5.13 Å². The van der Waals surface area contributed by atoms with Gasteiger partial charge < -0.3 is 10.1 Å². The molecule has 4 aromatic rings. The van der Waals surface area contributed by atoms with Gasteiger partial charge in [-0.1, -0.05) is 45.0 Å². The van der Waals surface area contributed by atoms with E-state index in [4.69, 9.17) is 9.72 Å². The number of anilines is 1. The highest BCUT2D eigenvalue weighted by atomic mass is 32.1. The molecule has 1 N–H and O–H groups in total. The van der Waals surface area contributed by atoms with Crippen molar-refractivity contribution in [3.63, 3.8) is 0 Å². The van der Waals surface area contributed by atoms with Gasteiger partial charge in [-0.25, -0.2) is 4.98 Å². The lowest BCUT2D eigenvalue weighted by Gasteiger charge is -2.19. The van der Waals surface area contributed by atoms with E-state index >= 15 is 0 Å². The van der Waals surface area contributed by atoms with Crippen LogP contribution in [0.2, 0.25) is 0 Å². The first kappa shape index (κ1) is 21.8. The molecular formula is C25H26N4O2S. The van der Waals surface area contributed by atoms with E-state index in [1.807, 2.05) is 66.9 Å². The first-order chi connectivity index (χ1) is 15.2. The van der Waals surface area contributed by atoms with Gasteiger partial charge in [-0.3, -0.25) is 4.79 Å². The molecule has 4 rings (SSSR count). The molecule has 32 heavy (non-hydrogen) atoms. The van der Waals surface area contributed by atoms with Crippen molar-refractivity contribution < 1.29 is 9.53 Å². The quantitative estimate of drug-likeness (QED) is 0.417. The number of benzene rings is 2. The molecule has 0 unspecified atom stereocenters. The SMILES string of the molecule is COc1cccc(-c2csc(-n3nc(C)cc3NC(=O)c3ccc(C(C)(C)C)cc3)n2)c1. The topological polar surface area (TPSA) is 69.0 Å². The minimum atomic E-state index is -0.184. The molecule has 0 spiro atoms. The standard InChI is InChI=1S/C25H26N4O2S/c1-16-13-22(27-23(30)17-9-11-19(12-10-17)25(2,3)4)29(28-16)24-26-21(15-32-24)18-7-6-8-20(14-18)31-5/h6-15H,1-5H3,(H,27,30). The van der Waals surface area contributed by atoms with Crippen LogP contribution in [0.1, 0.15) is 42.4 Å². The lowest BCUT2D eigenvalue weighted by atomic mass is 9.87. The van der Waals surface area contributed by atoms with Gasteiger partial charge in [0, 0.05) is 22.6 Å². The van der Waals surface area contributed by atoms with Crippen LogP contribution in [0, 0.1) is 6.92 Å². The fraction of sp³-hybridized carbons (Fsp3) is 0.240. The lowest BCUT2D eigenvalue weighted by molar-refractivity contribution is 0.102. The van der Waals surface area contributed by atoms with E-state index in [0.717, 1.165) is 22.7 Å². The summed E-state index contributed by atoms with van der Waals surface area (Å²) in [5, 5.41) is 10.2. The molecule has 2 heterocycles. The molecule has 0 saturated heterocycles. The smallest absolute Gasteiger partial charge is 0.256 e. The number of methoxy groups -OCH3 is 1. The van der Waals surface area contributed by atoms with E-state index in [2.05, 4.69) is 31.2 Å². The number of thiazole rings is 1. The number of hydrogen-bond donors (Lipinski definition) is 1. The van der Waals surface area contributed by atoms with Crippen molar-refractivity contribution in [2.45, 2.75) is 33.1 Å². The molecule has 2 aromatic heterocycles. The lowest BCUT2D eigenvalue weighted by Crippen LogP contribution is -2.16. The van der Waals surface area contributed by atoms with Gasteiger partial charge in [0.1, 0.15) is 11.6 Å². The number of hydrogen-bond acceptors (Lipinski definition) is 5. The highest BCUT2D eigenvalue weighted by molar-refractivity contribution is 7.12. The van der Waals surface area contributed by atoms with Crippen molar-refractivity contribution in [3.05, 3.63) is 76.8 Å². The van der Waals surface area contributed by atoms with Crippen LogP contribution in [0.4, 0.5) is 5.82 Å². The zero-order valence-electron chi connectivity index (χ0n) is 18.8. The largest absolute Gasteiger partial charge is 0.497 e. The molecule has 0 radical (unpaired) electrons. The Morgan fingerprint density at radius 2 is 1.84 bits per heavy atom. The van der Waals surface area contributed by atoms with Crippen molar-refractivity contribution in [3.8, 4) is 22.1 Å². The number of carbonyl (C=O) groups is 1. The third-order valence-corrected chi connectivity index (χ3v) is 5.94. The second-order valence-electron chi connectivity index (χ2n) is 8.61. The third kappa shape index (κ3) is 4.57. The summed E-state index contributed by atoms with van der Waals surface area (Å²) in [6.45, 7) is 8.34. The zero-order valence-corrected chi connectivity index (χ0v) is 19.7. The van der Waals surface area contributed by atoms with E-state index in [1.165, 1.54) is 16.9 Å². The van der Waals surface area contributed by atoms with E-state index < -0.39 is 0 Å². The Hall–Kier alpha value is -3.45. The van der Waals surface area contributed by atoms with Crippen LogP contribution in [-0.2, 0) is 5.41 Å². The Bertz CT molecular complexity index is 1250. The van der Waals surface area contributed by atoms with Crippen molar-refractivity contribution in [2.24, 2.45) is 0 Å². The van der Waals surface area contributed by atoms with E-state index in [9.17, 15) is 4.79 Å². The molecule has 7 heteroatoms. The summed E-state index contributed by atoms with van der Waals surface area (Å²) in [4.78, 5) is 17.6. The number of aryl methyl sites for hydroxylation is 1. The number of ether oxygens (including phenoxy) is 1. The second kappa shape index (κ2) is 8.59. The molecule has 1 amide bonds. The summed E-state index contributed by atoms with van der Waals surface area (Å²) in [7, 11) is 1.64. The summed E-state index contributed by atoms with van der Waals surface area (Å²) in [6.07, 6.45) is 0. The maximum absolute atomic E-state index is 12.9. The molecule has 164 valence electrons. The van der Waals surface area contributed by atoms with Gasteiger partial charge >= 0.3 is 0 Å². The molecule has 0 atom stereocenters. The van der Waals surface area contributed by atoms with Crippen molar-refractivity contribution in [1.29, 1.82) is 0 Å². The monoisotopic (exact) mass is 446 g/mol. The fourth-order valence-electron chi connectivity index (χ4n) is 3.32. The van der Waals surface area contributed by atoms with E-state index in [-0.39, 0.29) is 11.3 Å². The van der Waals surface area contributed by atoms with Gasteiger partial charge in [-0.15, -0.1) is 11.3 Å². The van der Waals surface area contributed by atoms with Gasteiger partial charge in [0.15, 0.2) is 0 Å². The van der Waals surface area contributed by atoms with E-state index in [1.54, 1.807) is 11.8 Å². The Kier molecular flexibility index (Phi) is 5.84. The highest BCUT2D eigenvalue weighted by Crippen LogP contribution is 2.29. The Morgan fingerprint density at radius 3 is 2.53 bits per heavy atom. The molecule has 0 saturated carbocycles. The van der Waals surface area contributed by atoms with Crippen LogP contribution in [0.3, 0.4) is 0 Å². The Labute approximate surface area is 191 Å². The molecule has 2 aromatic carbocycles. The van der Waals surface area contributed by atoms with Crippen LogP contribution < -0.4 is 10.1 Å². The Morgan fingerprint density at radius 1 is 1.09 bits per heavy atom. The first-order valence-corrected chi connectivity index (χ1v) is 11.2. The number of nitrogens with zero attached hydrogens (tertiary/aromatic N) is 3. The molecule has 0 fully saturated rings. The number of aromatic nitrogens is 3. The normalized spacial score (nSPS) is 11.4. The predicted molar refractivity (Wildman–Crippen MR) is 129 cm³/mol. The van der Waals surface area contributed by atoms with Crippen LogP contribution in [0.25, 0.3) is 16.4 Å². The number of rotatable bonds is 5. The zero-order chi connectivity index (χ0) is 22.9. The van der Waals surface area contributed by atoms with Gasteiger partial charge in [0.25, 0.3) is 5.91 Å². The molecule has 0 aliphatic carbocycles. The van der Waals surface area contributed by atoms with Crippen LogP contribution in [0.5, 0.6) is 5.75 Å². The number of nitrogens with one attached hydrogen (secondary N) is 1. The minimum absolute atomic E-state index is 0.0378. The van der Waals surface area contributed by atoms with E-state index in [0.29, 0.717) is 16.5 Å².